The number of benzene rings is 1. The lowest BCUT2D eigenvalue weighted by atomic mass is 10.0. The molecule has 0 radical (unpaired) electrons. The number of carbonyl (C=O) groups is 1. The predicted octanol–water partition coefficient (Wildman–Crippen LogP) is 5.29. The highest BCUT2D eigenvalue weighted by Gasteiger charge is 2.26. The highest BCUT2D eigenvalue weighted by atomic mass is 32.2. The van der Waals surface area contributed by atoms with Gasteiger partial charge in [-0.2, -0.15) is 0 Å². The van der Waals surface area contributed by atoms with E-state index in [0.717, 1.165) is 31.7 Å². The number of hydrogen-bond acceptors (Lipinski definition) is 6. The number of carbonyl (C=O) groups excluding carboxylic acids is 1. The van der Waals surface area contributed by atoms with Gasteiger partial charge in [0.1, 0.15) is 23.6 Å². The van der Waals surface area contributed by atoms with E-state index < -0.39 is 23.0 Å². The first-order chi connectivity index (χ1) is 14.5. The molecular weight excluding hydrogens is 408 g/mol. The van der Waals surface area contributed by atoms with E-state index in [1.165, 1.54) is 30.5 Å². The summed E-state index contributed by atoms with van der Waals surface area (Å²) in [7, 11) is 0. The van der Waals surface area contributed by atoms with Gasteiger partial charge in [0, 0.05) is 17.5 Å². The van der Waals surface area contributed by atoms with Gasteiger partial charge in [-0.25, -0.2) is 18.7 Å². The van der Waals surface area contributed by atoms with E-state index in [0.29, 0.717) is 22.1 Å². The molecule has 3 aromatic rings. The lowest BCUT2D eigenvalue weighted by molar-refractivity contribution is 0.103. The summed E-state index contributed by atoms with van der Waals surface area (Å²) in [5.41, 5.74) is 0.0519. The fraction of sp³-hybridized carbons (Fsp3) is 0.381. The van der Waals surface area contributed by atoms with E-state index in [2.05, 4.69) is 25.0 Å². The molecule has 1 saturated carbocycles. The first kappa shape index (κ1) is 20.6. The fourth-order valence-electron chi connectivity index (χ4n) is 3.65. The van der Waals surface area contributed by atoms with Crippen molar-refractivity contribution in [2.75, 3.05) is 10.0 Å². The van der Waals surface area contributed by atoms with Crippen LogP contribution in [0.3, 0.4) is 0 Å². The van der Waals surface area contributed by atoms with Gasteiger partial charge in [0.15, 0.2) is 5.82 Å². The molecule has 0 amide bonds. The van der Waals surface area contributed by atoms with Gasteiger partial charge in [0.05, 0.1) is 22.2 Å². The van der Waals surface area contributed by atoms with E-state index in [9.17, 15) is 9.18 Å². The van der Waals surface area contributed by atoms with Gasteiger partial charge in [0.2, 0.25) is 5.78 Å². The Morgan fingerprint density at radius 1 is 1.23 bits per heavy atom. The number of hydrogen-bond donors (Lipinski definition) is 3. The maximum atomic E-state index is 15.2. The molecule has 158 valence electrons. The van der Waals surface area contributed by atoms with Gasteiger partial charge >= 0.3 is 0 Å². The smallest absolute Gasteiger partial charge is 0.201 e. The number of ketones is 1. The molecule has 0 unspecified atom stereocenters. The van der Waals surface area contributed by atoms with Gasteiger partial charge in [-0.1, -0.05) is 12.8 Å². The molecule has 1 aromatic carbocycles. The van der Waals surface area contributed by atoms with Gasteiger partial charge in [-0.15, -0.1) is 0 Å². The molecular formula is C21H23F2N5OS. The van der Waals surface area contributed by atoms with Gasteiger partial charge < -0.3 is 15.0 Å². The summed E-state index contributed by atoms with van der Waals surface area (Å²) >= 11 is 1.43. The minimum atomic E-state index is -0.904. The minimum absolute atomic E-state index is 0.0505. The SMILES string of the molecule is CC(C)Nc1ncnc2[nH]cc(C(=O)c3c(F)ccc(NSC4CCCC4)c3F)c12. The van der Waals surface area contributed by atoms with Gasteiger partial charge in [0.25, 0.3) is 0 Å². The van der Waals surface area contributed by atoms with E-state index >= 15 is 4.39 Å². The summed E-state index contributed by atoms with van der Waals surface area (Å²) in [6.07, 6.45) is 7.22. The third-order valence-corrected chi connectivity index (χ3v) is 6.24. The molecule has 0 atom stereocenters. The second-order valence-corrected chi connectivity index (χ2v) is 8.79. The summed E-state index contributed by atoms with van der Waals surface area (Å²) in [5, 5.41) is 3.95. The van der Waals surface area contributed by atoms with Crippen molar-refractivity contribution in [2.24, 2.45) is 0 Å². The molecule has 2 heterocycles. The molecule has 1 aliphatic rings. The number of nitrogens with one attached hydrogen (secondary N) is 3. The lowest BCUT2D eigenvalue weighted by Gasteiger charge is -2.14. The first-order valence-corrected chi connectivity index (χ1v) is 10.9. The van der Waals surface area contributed by atoms with Crippen molar-refractivity contribution in [1.82, 2.24) is 15.0 Å². The van der Waals surface area contributed by atoms with Crippen molar-refractivity contribution in [3.05, 3.63) is 47.4 Å². The van der Waals surface area contributed by atoms with Gasteiger partial charge in [-0.3, -0.25) is 4.79 Å². The normalized spacial score (nSPS) is 14.6. The fourth-order valence-corrected chi connectivity index (χ4v) is 4.67. The van der Waals surface area contributed by atoms with Crippen molar-refractivity contribution in [1.29, 1.82) is 0 Å². The number of halogens is 2. The van der Waals surface area contributed by atoms with Crippen LogP contribution >= 0.6 is 11.9 Å². The van der Waals surface area contributed by atoms with Gasteiger partial charge in [-0.05, 0) is 50.8 Å². The number of rotatable bonds is 7. The first-order valence-electron chi connectivity index (χ1n) is 9.98. The summed E-state index contributed by atoms with van der Waals surface area (Å²) in [4.78, 5) is 24.4. The van der Waals surface area contributed by atoms with Crippen LogP contribution in [0.1, 0.15) is 55.5 Å². The Balaban J connectivity index is 1.70. The largest absolute Gasteiger partial charge is 0.367 e. The molecule has 0 saturated heterocycles. The maximum absolute atomic E-state index is 15.2. The van der Waals surface area contributed by atoms with Crippen LogP contribution in [0, 0.1) is 11.6 Å². The van der Waals surface area contributed by atoms with Crippen LogP contribution in [0.25, 0.3) is 11.0 Å². The zero-order chi connectivity index (χ0) is 21.3. The van der Waals surface area contributed by atoms with Crippen molar-refractivity contribution < 1.29 is 13.6 Å². The number of fused-ring (bicyclic) bond motifs is 1. The van der Waals surface area contributed by atoms with Crippen LogP contribution in [0.2, 0.25) is 0 Å². The molecule has 6 nitrogen and oxygen atoms in total. The van der Waals surface area contributed by atoms with E-state index in [-0.39, 0.29) is 17.3 Å². The highest BCUT2D eigenvalue weighted by molar-refractivity contribution is 8.01. The van der Waals surface area contributed by atoms with E-state index in [1.54, 1.807) is 0 Å². The van der Waals surface area contributed by atoms with Crippen molar-refractivity contribution in [2.45, 2.75) is 50.8 Å². The molecule has 0 spiro atoms. The average Bonchev–Trinajstić information content (AvgIpc) is 3.37. The Bertz CT molecular complexity index is 1080. The molecule has 9 heteroatoms. The zero-order valence-electron chi connectivity index (χ0n) is 16.8. The maximum Gasteiger partial charge on any atom is 0.201 e. The number of aromatic nitrogens is 3. The Kier molecular flexibility index (Phi) is 5.90. The molecule has 3 N–H and O–H groups in total. The highest BCUT2D eigenvalue weighted by Crippen LogP contribution is 2.33. The number of nitrogens with zero attached hydrogens (tertiary/aromatic N) is 2. The lowest BCUT2D eigenvalue weighted by Crippen LogP contribution is -2.13. The Morgan fingerprint density at radius 2 is 2.00 bits per heavy atom. The average molecular weight is 432 g/mol. The number of aromatic amines is 1. The monoisotopic (exact) mass is 431 g/mol. The quantitative estimate of drug-likeness (QED) is 0.348. The van der Waals surface area contributed by atoms with Crippen LogP contribution in [-0.4, -0.2) is 32.0 Å². The van der Waals surface area contributed by atoms with Crippen molar-refractivity contribution in [3.63, 3.8) is 0 Å². The zero-order valence-corrected chi connectivity index (χ0v) is 17.6. The molecule has 1 fully saturated rings. The molecule has 0 bridgehead atoms. The third-order valence-electron chi connectivity index (χ3n) is 5.10. The Labute approximate surface area is 177 Å². The standard InChI is InChI=1S/C21H23F2N5OS/c1-11(2)27-21-16-13(9-24-20(16)25-10-26-21)19(29)17-14(22)7-8-15(18(17)23)28-30-12-5-3-4-6-12/h7-12,28H,3-6H2,1-2H3,(H2,24,25,26,27). The number of H-pyrrole nitrogens is 1. The minimum Gasteiger partial charge on any atom is -0.367 e. The topological polar surface area (TPSA) is 82.7 Å². The molecule has 1 aliphatic carbocycles. The van der Waals surface area contributed by atoms with Crippen LogP contribution in [0.15, 0.2) is 24.7 Å². The summed E-state index contributed by atoms with van der Waals surface area (Å²) in [6, 6.07) is 2.49. The Hall–Kier alpha value is -2.68. The summed E-state index contributed by atoms with van der Waals surface area (Å²) in [5.74, 6) is -2.12. The van der Waals surface area contributed by atoms with Crippen LogP contribution in [0.5, 0.6) is 0 Å². The van der Waals surface area contributed by atoms with E-state index in [4.69, 9.17) is 0 Å². The van der Waals surface area contributed by atoms with Crippen molar-refractivity contribution in [3.8, 4) is 0 Å². The van der Waals surface area contributed by atoms with Crippen LogP contribution in [0.4, 0.5) is 20.3 Å². The van der Waals surface area contributed by atoms with Crippen LogP contribution < -0.4 is 10.0 Å². The molecule has 4 rings (SSSR count). The summed E-state index contributed by atoms with van der Waals surface area (Å²) < 4.78 is 32.7. The Morgan fingerprint density at radius 3 is 2.73 bits per heavy atom. The van der Waals surface area contributed by atoms with Crippen LogP contribution in [-0.2, 0) is 0 Å². The second kappa shape index (κ2) is 8.59. The molecule has 30 heavy (non-hydrogen) atoms. The third kappa shape index (κ3) is 3.98. The van der Waals surface area contributed by atoms with E-state index in [1.807, 2.05) is 13.8 Å². The second-order valence-electron chi connectivity index (χ2n) is 7.69. The molecule has 0 aliphatic heterocycles. The predicted molar refractivity (Wildman–Crippen MR) is 116 cm³/mol. The van der Waals surface area contributed by atoms with Crippen molar-refractivity contribution >= 4 is 40.3 Å². The summed E-state index contributed by atoms with van der Waals surface area (Å²) in [6.45, 7) is 3.86. The molecule has 2 aromatic heterocycles. The number of anilines is 2.